The van der Waals surface area contributed by atoms with Crippen molar-refractivity contribution < 1.29 is 4.39 Å². The number of aromatic nitrogens is 4. The highest BCUT2D eigenvalue weighted by Gasteiger charge is 2.32. The van der Waals surface area contributed by atoms with E-state index >= 15 is 0 Å². The molecule has 23 heavy (non-hydrogen) atoms. The minimum absolute atomic E-state index is 0.00982. The number of nitrogens with zero attached hydrogens (tertiary/aromatic N) is 4. The van der Waals surface area contributed by atoms with Crippen LogP contribution < -0.4 is 5.32 Å². The van der Waals surface area contributed by atoms with Gasteiger partial charge in [0.1, 0.15) is 5.82 Å². The summed E-state index contributed by atoms with van der Waals surface area (Å²) in [5.41, 5.74) is 1.71. The second kappa shape index (κ2) is 5.73. The summed E-state index contributed by atoms with van der Waals surface area (Å²) in [6.07, 6.45) is 0.662. The van der Waals surface area contributed by atoms with Crippen LogP contribution in [0.1, 0.15) is 29.6 Å². The van der Waals surface area contributed by atoms with Crippen LogP contribution in [0, 0.1) is 5.82 Å². The van der Waals surface area contributed by atoms with Crippen LogP contribution in [0.25, 0.3) is 0 Å². The number of rotatable bonds is 2. The summed E-state index contributed by atoms with van der Waals surface area (Å²) in [4.78, 5) is 0. The molecule has 2 atom stereocenters. The average molecular weight is 374 g/mol. The monoisotopic (exact) mass is 373 g/mol. The van der Waals surface area contributed by atoms with Gasteiger partial charge in [0.25, 0.3) is 0 Å². The van der Waals surface area contributed by atoms with Crippen LogP contribution in [0.3, 0.4) is 0 Å². The summed E-state index contributed by atoms with van der Waals surface area (Å²) < 4.78 is 16.9. The molecule has 0 bridgehead atoms. The molecule has 1 N–H and O–H groups in total. The molecule has 7 heteroatoms. The molecule has 4 rings (SSSR count). The van der Waals surface area contributed by atoms with Gasteiger partial charge in [-0.15, -0.1) is 0 Å². The molecule has 2 unspecified atom stereocenters. The SMILES string of the molecule is Fc1ccccc1C1CC(c2cccc(Br)c2)Nc2nnnn21. The van der Waals surface area contributed by atoms with E-state index in [-0.39, 0.29) is 17.9 Å². The number of halogens is 2. The fourth-order valence-corrected chi connectivity index (χ4v) is 3.40. The molecule has 1 aliphatic heterocycles. The van der Waals surface area contributed by atoms with Crippen molar-refractivity contribution in [2.24, 2.45) is 0 Å². The van der Waals surface area contributed by atoms with Crippen molar-refractivity contribution in [2.75, 3.05) is 5.32 Å². The van der Waals surface area contributed by atoms with Crippen molar-refractivity contribution in [1.82, 2.24) is 20.2 Å². The van der Waals surface area contributed by atoms with Gasteiger partial charge < -0.3 is 5.32 Å². The van der Waals surface area contributed by atoms with Gasteiger partial charge >= 0.3 is 0 Å². The molecule has 0 fully saturated rings. The summed E-state index contributed by atoms with van der Waals surface area (Å²) in [5.74, 6) is 0.309. The Morgan fingerprint density at radius 1 is 1.17 bits per heavy atom. The molecule has 3 aromatic rings. The number of anilines is 1. The summed E-state index contributed by atoms with van der Waals surface area (Å²) >= 11 is 3.49. The van der Waals surface area contributed by atoms with Crippen LogP contribution in [0.4, 0.5) is 10.3 Å². The molecule has 2 aromatic carbocycles. The number of hydrogen-bond acceptors (Lipinski definition) is 4. The van der Waals surface area contributed by atoms with Crippen molar-refractivity contribution in [2.45, 2.75) is 18.5 Å². The molecule has 116 valence electrons. The molecule has 0 saturated carbocycles. The fourth-order valence-electron chi connectivity index (χ4n) is 2.98. The molecule has 0 radical (unpaired) electrons. The van der Waals surface area contributed by atoms with E-state index in [9.17, 15) is 4.39 Å². The molecule has 1 aromatic heterocycles. The smallest absolute Gasteiger partial charge is 0.243 e. The highest BCUT2D eigenvalue weighted by molar-refractivity contribution is 9.10. The molecule has 0 aliphatic carbocycles. The Morgan fingerprint density at radius 2 is 2.04 bits per heavy atom. The Bertz CT molecular complexity index is 850. The Labute approximate surface area is 140 Å². The molecule has 0 saturated heterocycles. The van der Waals surface area contributed by atoms with E-state index in [0.717, 1.165) is 10.0 Å². The van der Waals surface area contributed by atoms with Gasteiger partial charge in [0.15, 0.2) is 0 Å². The lowest BCUT2D eigenvalue weighted by Gasteiger charge is -2.31. The van der Waals surface area contributed by atoms with Gasteiger partial charge in [-0.25, -0.2) is 9.07 Å². The molecule has 2 heterocycles. The molecule has 0 amide bonds. The van der Waals surface area contributed by atoms with Crippen LogP contribution in [0.15, 0.2) is 53.0 Å². The lowest BCUT2D eigenvalue weighted by Crippen LogP contribution is -2.28. The van der Waals surface area contributed by atoms with E-state index in [2.05, 4.69) is 42.8 Å². The highest BCUT2D eigenvalue weighted by atomic mass is 79.9. The van der Waals surface area contributed by atoms with Crippen molar-refractivity contribution >= 4 is 21.9 Å². The van der Waals surface area contributed by atoms with Crippen LogP contribution >= 0.6 is 15.9 Å². The lowest BCUT2D eigenvalue weighted by atomic mass is 9.93. The molecule has 0 spiro atoms. The number of nitrogens with one attached hydrogen (secondary N) is 1. The predicted octanol–water partition coefficient (Wildman–Crippen LogP) is 3.72. The summed E-state index contributed by atoms with van der Waals surface area (Å²) in [5, 5.41) is 15.1. The Hall–Kier alpha value is -2.28. The first kappa shape index (κ1) is 14.3. The Kier molecular flexibility index (Phi) is 3.57. The third-order valence-electron chi connectivity index (χ3n) is 4.07. The highest BCUT2D eigenvalue weighted by Crippen LogP contribution is 2.38. The number of tetrazole rings is 1. The van der Waals surface area contributed by atoms with E-state index in [0.29, 0.717) is 17.9 Å². The van der Waals surface area contributed by atoms with Crippen molar-refractivity contribution in [3.05, 3.63) is 69.9 Å². The summed E-state index contributed by atoms with van der Waals surface area (Å²) in [6.45, 7) is 0. The average Bonchev–Trinajstić information content (AvgIpc) is 3.03. The standard InChI is InChI=1S/C16H13BrFN5/c17-11-5-3-4-10(8-11)14-9-15(12-6-1-2-7-13(12)18)23-16(19-14)20-21-22-23/h1-8,14-15H,9H2,(H,19,20,22). The largest absolute Gasteiger partial charge is 0.346 e. The van der Waals surface area contributed by atoms with Gasteiger partial charge in [0, 0.05) is 10.0 Å². The van der Waals surface area contributed by atoms with E-state index in [1.807, 2.05) is 24.3 Å². The van der Waals surface area contributed by atoms with E-state index in [1.54, 1.807) is 16.8 Å². The van der Waals surface area contributed by atoms with Crippen LogP contribution in [0.5, 0.6) is 0 Å². The van der Waals surface area contributed by atoms with Gasteiger partial charge in [-0.3, -0.25) is 0 Å². The quantitative estimate of drug-likeness (QED) is 0.743. The van der Waals surface area contributed by atoms with Gasteiger partial charge in [0.2, 0.25) is 5.95 Å². The van der Waals surface area contributed by atoms with Crippen LogP contribution in [-0.2, 0) is 0 Å². The van der Waals surface area contributed by atoms with Gasteiger partial charge in [-0.1, -0.05) is 51.4 Å². The zero-order chi connectivity index (χ0) is 15.8. The van der Waals surface area contributed by atoms with E-state index < -0.39 is 0 Å². The van der Waals surface area contributed by atoms with Crippen LogP contribution in [-0.4, -0.2) is 20.2 Å². The number of hydrogen-bond donors (Lipinski definition) is 1. The van der Waals surface area contributed by atoms with E-state index in [1.165, 1.54) is 6.07 Å². The first-order valence-corrected chi connectivity index (χ1v) is 8.06. The third kappa shape index (κ3) is 2.61. The normalized spacial score (nSPS) is 19.9. The Balaban J connectivity index is 1.77. The first-order valence-electron chi connectivity index (χ1n) is 7.26. The maximum Gasteiger partial charge on any atom is 0.243 e. The van der Waals surface area contributed by atoms with Gasteiger partial charge in [-0.2, -0.15) is 0 Å². The van der Waals surface area contributed by atoms with Crippen molar-refractivity contribution in [3.8, 4) is 0 Å². The second-order valence-electron chi connectivity index (χ2n) is 5.47. The minimum Gasteiger partial charge on any atom is -0.346 e. The molecule has 5 nitrogen and oxygen atoms in total. The van der Waals surface area contributed by atoms with Crippen molar-refractivity contribution in [1.29, 1.82) is 0 Å². The van der Waals surface area contributed by atoms with Gasteiger partial charge in [-0.05, 0) is 40.6 Å². The van der Waals surface area contributed by atoms with Gasteiger partial charge in [0.05, 0.1) is 12.1 Å². The summed E-state index contributed by atoms with van der Waals surface area (Å²) in [7, 11) is 0. The van der Waals surface area contributed by atoms with E-state index in [4.69, 9.17) is 0 Å². The summed E-state index contributed by atoms with van der Waals surface area (Å²) in [6, 6.07) is 14.6. The fraction of sp³-hybridized carbons (Fsp3) is 0.188. The lowest BCUT2D eigenvalue weighted by molar-refractivity contribution is 0.409. The first-order chi connectivity index (χ1) is 11.2. The molecular formula is C16H13BrFN5. The number of fused-ring (bicyclic) bond motifs is 1. The zero-order valence-electron chi connectivity index (χ0n) is 12.0. The molecular weight excluding hydrogens is 361 g/mol. The second-order valence-corrected chi connectivity index (χ2v) is 6.39. The predicted molar refractivity (Wildman–Crippen MR) is 87.5 cm³/mol. The minimum atomic E-state index is -0.244. The Morgan fingerprint density at radius 3 is 2.87 bits per heavy atom. The molecule has 1 aliphatic rings. The van der Waals surface area contributed by atoms with Crippen molar-refractivity contribution in [3.63, 3.8) is 0 Å². The van der Waals surface area contributed by atoms with Crippen LogP contribution in [0.2, 0.25) is 0 Å². The topological polar surface area (TPSA) is 55.6 Å². The zero-order valence-corrected chi connectivity index (χ0v) is 13.6. The number of benzene rings is 2. The maximum absolute atomic E-state index is 14.3. The third-order valence-corrected chi connectivity index (χ3v) is 4.56. The maximum atomic E-state index is 14.3.